The maximum Gasteiger partial charge on any atom is 0.111 e. The second kappa shape index (κ2) is 6.41. The third kappa shape index (κ3) is 2.87. The topological polar surface area (TPSA) is 29.9 Å². The predicted octanol–water partition coefficient (Wildman–Crippen LogP) is 4.01. The summed E-state index contributed by atoms with van der Waals surface area (Å²) in [7, 11) is 2.03. The number of hydrogen-bond donors (Lipinski definition) is 1. The zero-order valence-electron chi connectivity index (χ0n) is 12.5. The van der Waals surface area contributed by atoms with Crippen molar-refractivity contribution in [3.63, 3.8) is 0 Å². The van der Waals surface area contributed by atoms with Gasteiger partial charge in [0.05, 0.1) is 11.0 Å². The van der Waals surface area contributed by atoms with Crippen molar-refractivity contribution in [2.24, 2.45) is 0 Å². The Balaban J connectivity index is 1.97. The number of imidazole rings is 1. The molecule has 4 heteroatoms. The molecule has 1 N–H and O–H groups in total. The normalized spacial score (nSPS) is 12.9. The standard InChI is InChI=1S/C17H21N3S/c1-3-10-20-15-8-5-4-7-13(15)19-17(20)12-14(18-2)16-9-6-11-21-16/h4-9,11,14,18H,3,10,12H2,1-2H3. The molecule has 3 rings (SSSR count). The van der Waals surface area contributed by atoms with Gasteiger partial charge in [-0.25, -0.2) is 4.98 Å². The fourth-order valence-electron chi connectivity index (χ4n) is 2.77. The number of likely N-dealkylation sites (N-methyl/N-ethyl adjacent to an activating group) is 1. The van der Waals surface area contributed by atoms with Crippen molar-refractivity contribution in [2.75, 3.05) is 7.05 Å². The van der Waals surface area contributed by atoms with Gasteiger partial charge in [-0.3, -0.25) is 0 Å². The Kier molecular flexibility index (Phi) is 4.36. The minimum absolute atomic E-state index is 0.331. The van der Waals surface area contributed by atoms with E-state index in [1.54, 1.807) is 11.3 Å². The highest BCUT2D eigenvalue weighted by atomic mass is 32.1. The molecule has 0 aliphatic rings. The van der Waals surface area contributed by atoms with Crippen molar-refractivity contribution in [2.45, 2.75) is 32.4 Å². The number of para-hydroxylation sites is 2. The van der Waals surface area contributed by atoms with E-state index in [2.05, 4.69) is 58.6 Å². The number of nitrogens with zero attached hydrogens (tertiary/aromatic N) is 2. The second-order valence-electron chi connectivity index (χ2n) is 5.23. The largest absolute Gasteiger partial charge is 0.328 e. The first-order valence-electron chi connectivity index (χ1n) is 7.48. The molecule has 1 aromatic carbocycles. The average Bonchev–Trinajstić information content (AvgIpc) is 3.14. The summed E-state index contributed by atoms with van der Waals surface area (Å²) >= 11 is 1.80. The van der Waals surface area contributed by atoms with Crippen molar-refractivity contribution >= 4 is 22.4 Å². The second-order valence-corrected chi connectivity index (χ2v) is 6.21. The van der Waals surface area contributed by atoms with Gasteiger partial charge in [0, 0.05) is 23.9 Å². The van der Waals surface area contributed by atoms with Crippen LogP contribution in [0.15, 0.2) is 41.8 Å². The highest BCUT2D eigenvalue weighted by Gasteiger charge is 2.16. The van der Waals surface area contributed by atoms with E-state index < -0.39 is 0 Å². The molecule has 0 bridgehead atoms. The molecule has 110 valence electrons. The van der Waals surface area contributed by atoms with Gasteiger partial charge in [0.1, 0.15) is 5.82 Å². The van der Waals surface area contributed by atoms with Gasteiger partial charge in [-0.15, -0.1) is 11.3 Å². The smallest absolute Gasteiger partial charge is 0.111 e. The van der Waals surface area contributed by atoms with Crippen molar-refractivity contribution in [3.05, 3.63) is 52.5 Å². The first-order chi connectivity index (χ1) is 10.3. The lowest BCUT2D eigenvalue weighted by molar-refractivity contribution is 0.555. The van der Waals surface area contributed by atoms with Crippen molar-refractivity contribution in [1.29, 1.82) is 0 Å². The number of aryl methyl sites for hydroxylation is 1. The van der Waals surface area contributed by atoms with Crippen LogP contribution in [0.5, 0.6) is 0 Å². The van der Waals surface area contributed by atoms with Crippen LogP contribution in [-0.4, -0.2) is 16.6 Å². The molecule has 21 heavy (non-hydrogen) atoms. The van der Waals surface area contributed by atoms with E-state index in [9.17, 15) is 0 Å². The van der Waals surface area contributed by atoms with Crippen LogP contribution in [0.3, 0.4) is 0 Å². The third-order valence-corrected chi connectivity index (χ3v) is 4.79. The predicted molar refractivity (Wildman–Crippen MR) is 89.8 cm³/mol. The van der Waals surface area contributed by atoms with Gasteiger partial charge < -0.3 is 9.88 Å². The van der Waals surface area contributed by atoms with Crippen LogP contribution in [0.25, 0.3) is 11.0 Å². The Bertz CT molecular complexity index is 700. The minimum atomic E-state index is 0.331. The average molecular weight is 299 g/mol. The number of fused-ring (bicyclic) bond motifs is 1. The van der Waals surface area contributed by atoms with Crippen LogP contribution in [-0.2, 0) is 13.0 Å². The molecular weight excluding hydrogens is 278 g/mol. The van der Waals surface area contributed by atoms with E-state index in [-0.39, 0.29) is 0 Å². The number of rotatable bonds is 6. The molecule has 3 aromatic rings. The zero-order chi connectivity index (χ0) is 14.7. The van der Waals surface area contributed by atoms with E-state index >= 15 is 0 Å². The molecule has 1 atom stereocenters. The lowest BCUT2D eigenvalue weighted by Crippen LogP contribution is -2.20. The van der Waals surface area contributed by atoms with Crippen LogP contribution in [0, 0.1) is 0 Å². The monoisotopic (exact) mass is 299 g/mol. The SMILES string of the molecule is CCCn1c(CC(NC)c2cccs2)nc2ccccc21. The van der Waals surface area contributed by atoms with Crippen LogP contribution in [0.2, 0.25) is 0 Å². The minimum Gasteiger partial charge on any atom is -0.328 e. The van der Waals surface area contributed by atoms with E-state index in [1.807, 2.05) is 7.05 Å². The lowest BCUT2D eigenvalue weighted by atomic mass is 10.1. The zero-order valence-corrected chi connectivity index (χ0v) is 13.4. The number of thiophene rings is 1. The Morgan fingerprint density at radius 1 is 1.24 bits per heavy atom. The van der Waals surface area contributed by atoms with Gasteiger partial charge in [0.25, 0.3) is 0 Å². The summed E-state index contributed by atoms with van der Waals surface area (Å²) < 4.78 is 2.37. The fraction of sp³-hybridized carbons (Fsp3) is 0.353. The molecular formula is C17H21N3S. The highest BCUT2D eigenvalue weighted by Crippen LogP contribution is 2.25. The molecule has 0 spiro atoms. The van der Waals surface area contributed by atoms with E-state index in [4.69, 9.17) is 4.98 Å². The molecule has 0 aliphatic carbocycles. The van der Waals surface area contributed by atoms with Crippen molar-refractivity contribution in [1.82, 2.24) is 14.9 Å². The number of benzene rings is 1. The summed E-state index contributed by atoms with van der Waals surface area (Å²) in [6, 6.07) is 13.1. The summed E-state index contributed by atoms with van der Waals surface area (Å²) in [5.74, 6) is 1.17. The first kappa shape index (κ1) is 14.3. The molecule has 0 radical (unpaired) electrons. The van der Waals surface area contributed by atoms with Gasteiger partial charge >= 0.3 is 0 Å². The fourth-order valence-corrected chi connectivity index (χ4v) is 3.61. The summed E-state index contributed by atoms with van der Waals surface area (Å²) in [6.45, 7) is 3.24. The van der Waals surface area contributed by atoms with Gasteiger partial charge in [-0.05, 0) is 37.0 Å². The van der Waals surface area contributed by atoms with Crippen molar-refractivity contribution < 1.29 is 0 Å². The molecule has 0 saturated heterocycles. The van der Waals surface area contributed by atoms with Crippen LogP contribution >= 0.6 is 11.3 Å². The first-order valence-corrected chi connectivity index (χ1v) is 8.36. The molecule has 2 heterocycles. The maximum atomic E-state index is 4.86. The van der Waals surface area contributed by atoms with Crippen LogP contribution < -0.4 is 5.32 Å². The molecule has 0 fully saturated rings. The summed E-state index contributed by atoms with van der Waals surface area (Å²) in [4.78, 5) is 6.22. The molecule has 1 unspecified atom stereocenters. The number of hydrogen-bond acceptors (Lipinski definition) is 3. The van der Waals surface area contributed by atoms with Gasteiger partial charge in [-0.2, -0.15) is 0 Å². The molecule has 2 aromatic heterocycles. The quantitative estimate of drug-likeness (QED) is 0.745. The molecule has 0 saturated carbocycles. The van der Waals surface area contributed by atoms with Gasteiger partial charge in [0.2, 0.25) is 0 Å². The molecule has 0 amide bonds. The molecule has 0 aliphatic heterocycles. The van der Waals surface area contributed by atoms with E-state index in [0.717, 1.165) is 24.9 Å². The summed E-state index contributed by atoms with van der Waals surface area (Å²) in [6.07, 6.45) is 2.04. The van der Waals surface area contributed by atoms with Crippen LogP contribution in [0.4, 0.5) is 0 Å². The van der Waals surface area contributed by atoms with Crippen molar-refractivity contribution in [3.8, 4) is 0 Å². The van der Waals surface area contributed by atoms with Gasteiger partial charge in [-0.1, -0.05) is 25.1 Å². The lowest BCUT2D eigenvalue weighted by Gasteiger charge is -2.15. The Morgan fingerprint density at radius 3 is 2.81 bits per heavy atom. The third-order valence-electron chi connectivity index (χ3n) is 3.80. The number of nitrogens with one attached hydrogen (secondary N) is 1. The Hall–Kier alpha value is -1.65. The van der Waals surface area contributed by atoms with Crippen LogP contribution in [0.1, 0.15) is 30.1 Å². The van der Waals surface area contributed by atoms with Gasteiger partial charge in [0.15, 0.2) is 0 Å². The Morgan fingerprint density at radius 2 is 2.10 bits per heavy atom. The number of aromatic nitrogens is 2. The summed E-state index contributed by atoms with van der Waals surface area (Å²) in [5, 5.41) is 5.56. The Labute approximate surface area is 129 Å². The highest BCUT2D eigenvalue weighted by molar-refractivity contribution is 7.10. The summed E-state index contributed by atoms with van der Waals surface area (Å²) in [5.41, 5.74) is 2.34. The maximum absolute atomic E-state index is 4.86. The molecule has 3 nitrogen and oxygen atoms in total. The van der Waals surface area contributed by atoms with E-state index in [1.165, 1.54) is 16.2 Å². The van der Waals surface area contributed by atoms with E-state index in [0.29, 0.717) is 6.04 Å².